The van der Waals surface area contributed by atoms with Crippen molar-refractivity contribution in [2.75, 3.05) is 13.1 Å². The SMILES string of the molecule is Cc1cc2cnccc2cc1OC1CCN(C(C)C)CC1.Cl. The van der Waals surface area contributed by atoms with Crippen molar-refractivity contribution in [2.24, 2.45) is 0 Å². The molecule has 1 saturated heterocycles. The molecule has 1 aromatic carbocycles. The van der Waals surface area contributed by atoms with E-state index in [1.54, 1.807) is 0 Å². The Labute approximate surface area is 139 Å². The molecule has 0 atom stereocenters. The number of ether oxygens (including phenoxy) is 1. The standard InChI is InChI=1S/C18H24N2O.ClH/c1-13(2)20-8-5-17(6-9-20)21-18-11-15-4-7-19-12-16(15)10-14(18)3;/h4,7,10-13,17H,5-6,8-9H2,1-3H3;1H. The number of fused-ring (bicyclic) bond motifs is 1. The van der Waals surface area contributed by atoms with Crippen molar-refractivity contribution in [2.45, 2.75) is 45.8 Å². The molecule has 0 bridgehead atoms. The van der Waals surface area contributed by atoms with Crippen LogP contribution in [0.1, 0.15) is 32.3 Å². The van der Waals surface area contributed by atoms with Crippen molar-refractivity contribution in [1.82, 2.24) is 9.88 Å². The molecule has 22 heavy (non-hydrogen) atoms. The number of aromatic nitrogens is 1. The fourth-order valence-corrected chi connectivity index (χ4v) is 3.05. The first-order chi connectivity index (χ1) is 10.1. The second-order valence-corrected chi connectivity index (χ2v) is 6.29. The van der Waals surface area contributed by atoms with Crippen molar-refractivity contribution in [3.63, 3.8) is 0 Å². The van der Waals surface area contributed by atoms with Gasteiger partial charge in [-0.25, -0.2) is 0 Å². The molecule has 0 saturated carbocycles. The van der Waals surface area contributed by atoms with E-state index in [0.29, 0.717) is 12.1 Å². The van der Waals surface area contributed by atoms with E-state index in [1.807, 2.05) is 18.5 Å². The van der Waals surface area contributed by atoms with Gasteiger partial charge in [0.25, 0.3) is 0 Å². The van der Waals surface area contributed by atoms with Crippen LogP contribution in [0.25, 0.3) is 10.8 Å². The Kier molecular flexibility index (Phi) is 5.65. The average molecular weight is 321 g/mol. The largest absolute Gasteiger partial charge is 0.490 e. The molecule has 120 valence electrons. The Bertz CT molecular complexity index is 622. The highest BCUT2D eigenvalue weighted by Crippen LogP contribution is 2.27. The van der Waals surface area contributed by atoms with E-state index < -0.39 is 0 Å². The number of piperidine rings is 1. The number of halogens is 1. The zero-order chi connectivity index (χ0) is 14.8. The monoisotopic (exact) mass is 320 g/mol. The topological polar surface area (TPSA) is 25.4 Å². The fraction of sp³-hybridized carbons (Fsp3) is 0.500. The molecule has 2 heterocycles. The van der Waals surface area contributed by atoms with Crippen LogP contribution in [0.4, 0.5) is 0 Å². The third-order valence-electron chi connectivity index (χ3n) is 4.43. The Balaban J connectivity index is 0.00000176. The van der Waals surface area contributed by atoms with E-state index in [4.69, 9.17) is 4.74 Å². The Morgan fingerprint density at radius 1 is 1.18 bits per heavy atom. The molecule has 0 amide bonds. The van der Waals surface area contributed by atoms with Crippen molar-refractivity contribution in [3.05, 3.63) is 36.2 Å². The Hall–Kier alpha value is -1.32. The highest BCUT2D eigenvalue weighted by atomic mass is 35.5. The summed E-state index contributed by atoms with van der Waals surface area (Å²) in [7, 11) is 0. The zero-order valence-corrected chi connectivity index (χ0v) is 14.4. The van der Waals surface area contributed by atoms with Gasteiger partial charge in [-0.1, -0.05) is 0 Å². The number of nitrogens with zero attached hydrogens (tertiary/aromatic N) is 2. The molecule has 1 aliphatic rings. The van der Waals surface area contributed by atoms with Crippen LogP contribution in [-0.2, 0) is 0 Å². The number of hydrogen-bond donors (Lipinski definition) is 0. The lowest BCUT2D eigenvalue weighted by Crippen LogP contribution is -2.41. The number of pyridine rings is 1. The average Bonchev–Trinajstić information content (AvgIpc) is 2.48. The van der Waals surface area contributed by atoms with Gasteiger partial charge in [0.1, 0.15) is 11.9 Å². The second kappa shape index (κ2) is 7.30. The lowest BCUT2D eigenvalue weighted by Gasteiger charge is -2.34. The molecule has 1 aromatic heterocycles. The highest BCUT2D eigenvalue weighted by molar-refractivity contribution is 5.85. The summed E-state index contributed by atoms with van der Waals surface area (Å²) in [6.07, 6.45) is 6.33. The van der Waals surface area contributed by atoms with E-state index in [0.717, 1.165) is 31.7 Å². The van der Waals surface area contributed by atoms with Gasteiger partial charge in [-0.3, -0.25) is 4.98 Å². The van der Waals surface area contributed by atoms with Crippen LogP contribution in [0.5, 0.6) is 5.75 Å². The molecule has 3 nitrogen and oxygen atoms in total. The molecule has 2 aromatic rings. The predicted molar refractivity (Wildman–Crippen MR) is 94.1 cm³/mol. The van der Waals surface area contributed by atoms with Gasteiger partial charge < -0.3 is 9.64 Å². The van der Waals surface area contributed by atoms with Gasteiger partial charge in [0, 0.05) is 36.9 Å². The molecule has 3 rings (SSSR count). The maximum Gasteiger partial charge on any atom is 0.123 e. The smallest absolute Gasteiger partial charge is 0.123 e. The maximum atomic E-state index is 6.28. The summed E-state index contributed by atoms with van der Waals surface area (Å²) in [6, 6.07) is 7.01. The minimum Gasteiger partial charge on any atom is -0.490 e. The van der Waals surface area contributed by atoms with Gasteiger partial charge >= 0.3 is 0 Å². The zero-order valence-electron chi connectivity index (χ0n) is 13.6. The van der Waals surface area contributed by atoms with Gasteiger partial charge in [-0.2, -0.15) is 0 Å². The molecule has 1 aliphatic heterocycles. The van der Waals surface area contributed by atoms with E-state index >= 15 is 0 Å². The van der Waals surface area contributed by atoms with Gasteiger partial charge in [0.2, 0.25) is 0 Å². The van der Waals surface area contributed by atoms with Gasteiger partial charge in [0.05, 0.1) is 0 Å². The second-order valence-electron chi connectivity index (χ2n) is 6.29. The Morgan fingerprint density at radius 3 is 2.59 bits per heavy atom. The predicted octanol–water partition coefficient (Wildman–Crippen LogP) is 4.22. The molecule has 0 aliphatic carbocycles. The van der Waals surface area contributed by atoms with E-state index in [-0.39, 0.29) is 12.4 Å². The van der Waals surface area contributed by atoms with Crippen molar-refractivity contribution in [1.29, 1.82) is 0 Å². The molecule has 1 fully saturated rings. The Morgan fingerprint density at radius 2 is 1.91 bits per heavy atom. The molecule has 4 heteroatoms. The van der Waals surface area contributed by atoms with E-state index in [1.165, 1.54) is 16.3 Å². The molecule has 0 spiro atoms. The quantitative estimate of drug-likeness (QED) is 0.846. The molecule has 0 N–H and O–H groups in total. The lowest BCUT2D eigenvalue weighted by atomic mass is 10.1. The van der Waals surface area contributed by atoms with Gasteiger partial charge in [0.15, 0.2) is 0 Å². The first-order valence-corrected chi connectivity index (χ1v) is 7.88. The van der Waals surface area contributed by atoms with Gasteiger partial charge in [-0.15, -0.1) is 12.4 Å². The molecular formula is C18H25ClN2O. The summed E-state index contributed by atoms with van der Waals surface area (Å²) in [4.78, 5) is 6.70. The fourth-order valence-electron chi connectivity index (χ4n) is 3.05. The van der Waals surface area contributed by atoms with Crippen molar-refractivity contribution >= 4 is 23.2 Å². The minimum absolute atomic E-state index is 0. The summed E-state index contributed by atoms with van der Waals surface area (Å²) in [5, 5.41) is 2.38. The van der Waals surface area contributed by atoms with Crippen LogP contribution < -0.4 is 4.74 Å². The van der Waals surface area contributed by atoms with Crippen molar-refractivity contribution < 1.29 is 4.74 Å². The van der Waals surface area contributed by atoms with E-state index in [9.17, 15) is 0 Å². The van der Waals surface area contributed by atoms with Crippen LogP contribution in [-0.4, -0.2) is 35.1 Å². The summed E-state index contributed by atoms with van der Waals surface area (Å²) in [6.45, 7) is 8.92. The van der Waals surface area contributed by atoms with Crippen molar-refractivity contribution in [3.8, 4) is 5.75 Å². The highest BCUT2D eigenvalue weighted by Gasteiger charge is 2.22. The van der Waals surface area contributed by atoms with Crippen LogP contribution in [0.3, 0.4) is 0 Å². The minimum atomic E-state index is 0. The van der Waals surface area contributed by atoms with Crippen LogP contribution >= 0.6 is 12.4 Å². The number of likely N-dealkylation sites (tertiary alicyclic amines) is 1. The molecule has 0 unspecified atom stereocenters. The normalized spacial score (nSPS) is 16.7. The van der Waals surface area contributed by atoms with Crippen LogP contribution in [0, 0.1) is 6.92 Å². The van der Waals surface area contributed by atoms with E-state index in [2.05, 4.69) is 42.8 Å². The third kappa shape index (κ3) is 3.71. The number of hydrogen-bond acceptors (Lipinski definition) is 3. The van der Waals surface area contributed by atoms with Gasteiger partial charge in [-0.05, 0) is 62.8 Å². The summed E-state index contributed by atoms with van der Waals surface area (Å²) < 4.78 is 6.28. The van der Waals surface area contributed by atoms with Crippen LogP contribution in [0.2, 0.25) is 0 Å². The molecule has 0 radical (unpaired) electrons. The number of aryl methyl sites for hydroxylation is 1. The maximum absolute atomic E-state index is 6.28. The first kappa shape index (κ1) is 17.0. The van der Waals surface area contributed by atoms with Crippen LogP contribution in [0.15, 0.2) is 30.6 Å². The third-order valence-corrected chi connectivity index (χ3v) is 4.43. The summed E-state index contributed by atoms with van der Waals surface area (Å²) in [5.41, 5.74) is 1.20. The number of benzene rings is 1. The molecular weight excluding hydrogens is 296 g/mol. The summed E-state index contributed by atoms with van der Waals surface area (Å²) >= 11 is 0. The first-order valence-electron chi connectivity index (χ1n) is 7.88. The lowest BCUT2D eigenvalue weighted by molar-refractivity contribution is 0.0839. The summed E-state index contributed by atoms with van der Waals surface area (Å²) in [5.74, 6) is 1.02. The number of rotatable bonds is 3.